The molecule has 230 valence electrons. The van der Waals surface area contributed by atoms with Crippen LogP contribution in [0.2, 0.25) is 0 Å². The van der Waals surface area contributed by atoms with E-state index in [0.717, 1.165) is 39.2 Å². The van der Waals surface area contributed by atoms with Crippen LogP contribution in [-0.2, 0) is 5.41 Å². The zero-order valence-corrected chi connectivity index (χ0v) is 27.1. The fourth-order valence-electron chi connectivity index (χ4n) is 8.82. The van der Waals surface area contributed by atoms with Gasteiger partial charge in [0.2, 0.25) is 0 Å². The Hall–Kier alpha value is -6.69. The van der Waals surface area contributed by atoms with Crippen LogP contribution in [0.25, 0.3) is 72.3 Å². The number of pyridine rings is 1. The summed E-state index contributed by atoms with van der Waals surface area (Å²) in [6, 6.07) is 68.3. The monoisotopic (exact) mass is 632 g/mol. The average molecular weight is 633 g/mol. The topological polar surface area (TPSA) is 17.8 Å². The van der Waals surface area contributed by atoms with E-state index in [0.29, 0.717) is 0 Å². The molecule has 11 rings (SSSR count). The molecule has 0 saturated carbocycles. The Morgan fingerprint density at radius 3 is 1.76 bits per heavy atom. The highest BCUT2D eigenvalue weighted by atomic mass is 15.0. The zero-order chi connectivity index (χ0) is 32.8. The van der Waals surface area contributed by atoms with Crippen molar-refractivity contribution >= 4 is 21.8 Å². The van der Waals surface area contributed by atoms with Crippen molar-refractivity contribution in [2.45, 2.75) is 5.41 Å². The van der Waals surface area contributed by atoms with E-state index in [2.05, 4.69) is 180 Å². The molecule has 1 aliphatic heterocycles. The summed E-state index contributed by atoms with van der Waals surface area (Å²) in [7, 11) is 0. The van der Waals surface area contributed by atoms with Gasteiger partial charge in [-0.2, -0.15) is 0 Å². The van der Waals surface area contributed by atoms with Gasteiger partial charge in [-0.15, -0.1) is 0 Å². The molecule has 0 saturated heterocycles. The smallest absolute Gasteiger partial charge is 0.105 e. The van der Waals surface area contributed by atoms with Gasteiger partial charge < -0.3 is 4.57 Å². The second-order valence-corrected chi connectivity index (χ2v) is 13.3. The number of benzene rings is 6. The average Bonchev–Trinajstić information content (AvgIpc) is 3.69. The standard InChI is InChI=1S/C48H28N2/c1-3-14-31(15-4-1)43-28-34(29-44(49-43)32-16-5-2-6-17-32)33-26-27-41-46(30-33)50-45-25-12-9-20-37(45)38-21-13-24-42(47(38)50)48(41)39-22-10-7-18-35(39)36-19-8-11-23-40(36)48/h1-11,13-24,26-30H. The van der Waals surface area contributed by atoms with Gasteiger partial charge in [-0.3, -0.25) is 0 Å². The largest absolute Gasteiger partial charge is 0.301 e. The van der Waals surface area contributed by atoms with Crippen LogP contribution in [0.3, 0.4) is 0 Å². The van der Waals surface area contributed by atoms with Gasteiger partial charge in [0.15, 0.2) is 0 Å². The van der Waals surface area contributed by atoms with Gasteiger partial charge in [-0.05, 0) is 80.9 Å². The summed E-state index contributed by atoms with van der Waals surface area (Å²) in [5, 5.41) is 2.43. The van der Waals surface area contributed by atoms with E-state index in [1.54, 1.807) is 0 Å². The molecule has 0 radical (unpaired) electrons. The molecule has 0 unspecified atom stereocenters. The van der Waals surface area contributed by atoms with Crippen LogP contribution in [0.4, 0.5) is 0 Å². The molecular weight excluding hydrogens is 605 g/mol. The lowest BCUT2D eigenvalue weighted by Gasteiger charge is -2.39. The third kappa shape index (κ3) is 3.56. The second-order valence-electron chi connectivity index (χ2n) is 13.3. The highest BCUT2D eigenvalue weighted by molar-refractivity contribution is 6.12. The summed E-state index contributed by atoms with van der Waals surface area (Å²) < 4.78 is 2.45. The number of rotatable bonds is 3. The molecular formula is C48H28N2. The van der Waals surface area contributed by atoms with Gasteiger partial charge in [-0.25, -0.2) is 4.98 Å². The minimum atomic E-state index is -0.475. The molecule has 0 atom stereocenters. The predicted molar refractivity (Wildman–Crippen MR) is 203 cm³/mol. The Morgan fingerprint density at radius 1 is 0.460 bits per heavy atom. The minimum absolute atomic E-state index is 0.475. The Kier molecular flexibility index (Phi) is 5.54. The van der Waals surface area contributed by atoms with Gasteiger partial charge in [0.05, 0.1) is 28.0 Å². The second kappa shape index (κ2) is 10.2. The lowest BCUT2D eigenvalue weighted by Crippen LogP contribution is -2.33. The first-order chi connectivity index (χ1) is 24.8. The summed E-state index contributed by atoms with van der Waals surface area (Å²) >= 11 is 0. The molecule has 0 N–H and O–H groups in total. The van der Waals surface area contributed by atoms with Crippen LogP contribution in [-0.4, -0.2) is 9.55 Å². The fraction of sp³-hybridized carbons (Fsp3) is 0.0208. The van der Waals surface area contributed by atoms with Crippen LogP contribution in [0.5, 0.6) is 0 Å². The van der Waals surface area contributed by atoms with Crippen molar-refractivity contribution in [1.29, 1.82) is 0 Å². The van der Waals surface area contributed by atoms with E-state index < -0.39 is 5.41 Å². The molecule has 0 amide bonds. The molecule has 1 aliphatic carbocycles. The van der Waals surface area contributed by atoms with Gasteiger partial charge in [0.25, 0.3) is 0 Å². The molecule has 7 aromatic carbocycles. The van der Waals surface area contributed by atoms with Crippen molar-refractivity contribution in [3.63, 3.8) is 0 Å². The highest BCUT2D eigenvalue weighted by Crippen LogP contribution is 2.61. The maximum atomic E-state index is 5.17. The maximum Gasteiger partial charge on any atom is 0.105 e. The third-order valence-electron chi connectivity index (χ3n) is 10.8. The lowest BCUT2D eigenvalue weighted by molar-refractivity contribution is 0.749. The summed E-state index contributed by atoms with van der Waals surface area (Å²) in [4.78, 5) is 5.17. The molecule has 2 heteroatoms. The molecule has 2 aromatic heterocycles. The molecule has 50 heavy (non-hydrogen) atoms. The quantitative estimate of drug-likeness (QED) is 0.189. The van der Waals surface area contributed by atoms with Crippen LogP contribution in [0, 0.1) is 12.1 Å². The maximum absolute atomic E-state index is 5.17. The first kappa shape index (κ1) is 27.3. The molecule has 0 bridgehead atoms. The SMILES string of the molecule is c1ccc2c3cccc4c3n(c2c#1)-c1cc(-c2cc(-c3ccccc3)nc(-c3ccccc3)c2)ccc1C41c2ccccc2-c2ccccc21. The molecule has 2 nitrogen and oxygen atoms in total. The Balaban J connectivity index is 1.26. The van der Waals surface area contributed by atoms with Gasteiger partial charge in [0.1, 0.15) is 5.52 Å². The Labute approximate surface area is 290 Å². The molecule has 1 spiro atoms. The summed E-state index contributed by atoms with van der Waals surface area (Å²) in [5.41, 5.74) is 17.2. The van der Waals surface area contributed by atoms with Crippen molar-refractivity contribution < 1.29 is 0 Å². The van der Waals surface area contributed by atoms with Crippen LogP contribution >= 0.6 is 0 Å². The summed E-state index contributed by atoms with van der Waals surface area (Å²) in [6.07, 6.45) is 0. The van der Waals surface area contributed by atoms with Crippen molar-refractivity contribution in [2.24, 2.45) is 0 Å². The van der Waals surface area contributed by atoms with Crippen LogP contribution in [0.15, 0.2) is 170 Å². The number of hydrogen-bond donors (Lipinski definition) is 0. The van der Waals surface area contributed by atoms with E-state index >= 15 is 0 Å². The predicted octanol–water partition coefficient (Wildman–Crippen LogP) is 11.5. The van der Waals surface area contributed by atoms with Crippen LogP contribution in [0.1, 0.15) is 22.3 Å². The minimum Gasteiger partial charge on any atom is -0.301 e. The number of nitrogens with zero attached hydrogens (tertiary/aromatic N) is 2. The normalized spacial score (nSPS) is 13.2. The highest BCUT2D eigenvalue weighted by Gasteiger charge is 2.50. The lowest BCUT2D eigenvalue weighted by atomic mass is 9.65. The Morgan fingerprint density at radius 2 is 1.08 bits per heavy atom. The van der Waals surface area contributed by atoms with E-state index in [9.17, 15) is 0 Å². The van der Waals surface area contributed by atoms with E-state index in [1.807, 2.05) is 6.07 Å². The number of para-hydroxylation sites is 1. The van der Waals surface area contributed by atoms with Gasteiger partial charge in [-0.1, -0.05) is 146 Å². The molecule has 0 fully saturated rings. The number of aromatic nitrogens is 2. The van der Waals surface area contributed by atoms with E-state index in [-0.39, 0.29) is 0 Å². The third-order valence-corrected chi connectivity index (χ3v) is 10.8. The molecule has 2 aliphatic rings. The van der Waals surface area contributed by atoms with Crippen molar-refractivity contribution in [3.05, 3.63) is 204 Å². The summed E-state index contributed by atoms with van der Waals surface area (Å²) in [6.45, 7) is 0. The van der Waals surface area contributed by atoms with Gasteiger partial charge in [0, 0.05) is 21.9 Å². The van der Waals surface area contributed by atoms with E-state index in [4.69, 9.17) is 4.98 Å². The van der Waals surface area contributed by atoms with Crippen molar-refractivity contribution in [3.8, 4) is 50.5 Å². The fourth-order valence-corrected chi connectivity index (χ4v) is 8.82. The number of fused-ring (bicyclic) bond motifs is 12. The summed E-state index contributed by atoms with van der Waals surface area (Å²) in [5.74, 6) is 0. The zero-order valence-electron chi connectivity index (χ0n) is 27.1. The number of hydrogen-bond acceptors (Lipinski definition) is 1. The molecule has 3 heterocycles. The van der Waals surface area contributed by atoms with Crippen LogP contribution < -0.4 is 0 Å². The van der Waals surface area contributed by atoms with E-state index in [1.165, 1.54) is 55.4 Å². The Bertz CT molecular complexity index is 2700. The first-order valence-corrected chi connectivity index (χ1v) is 17.1. The first-order valence-electron chi connectivity index (χ1n) is 17.1. The van der Waals surface area contributed by atoms with Crippen molar-refractivity contribution in [2.75, 3.05) is 0 Å². The van der Waals surface area contributed by atoms with Crippen molar-refractivity contribution in [1.82, 2.24) is 9.55 Å². The molecule has 9 aromatic rings. The van der Waals surface area contributed by atoms with Gasteiger partial charge >= 0.3 is 0 Å².